The maximum Gasteiger partial charge on any atom is 0.304 e. The van der Waals surface area contributed by atoms with Crippen LogP contribution in [0.3, 0.4) is 0 Å². The normalized spacial score (nSPS) is 25.2. The summed E-state index contributed by atoms with van der Waals surface area (Å²) in [5.74, 6) is -1.18. The molecule has 10 heavy (non-hydrogen) atoms. The number of hydrogen-bond acceptors (Lipinski definition) is 3. The monoisotopic (exact) mass is 143 g/mol. The Balaban J connectivity index is 2.40. The molecule has 0 radical (unpaired) electrons. The Bertz CT molecular complexity index is 166. The van der Waals surface area contributed by atoms with Crippen LogP contribution in [0.25, 0.3) is 0 Å². The fraction of sp³-hybridized carbons (Fsp3) is 0.667. The van der Waals surface area contributed by atoms with Gasteiger partial charge in [-0.25, -0.2) is 0 Å². The minimum atomic E-state index is -0.901. The first-order chi connectivity index (χ1) is 4.70. The van der Waals surface area contributed by atoms with Gasteiger partial charge in [-0.3, -0.25) is 9.59 Å². The average molecular weight is 143 g/mol. The smallest absolute Gasteiger partial charge is 0.304 e. The summed E-state index contributed by atoms with van der Waals surface area (Å²) in [6, 6.07) is 0. The summed E-state index contributed by atoms with van der Waals surface area (Å²) in [6.07, 6.45) is -0.0359. The van der Waals surface area contributed by atoms with Crippen LogP contribution >= 0.6 is 0 Å². The fourth-order valence-corrected chi connectivity index (χ4v) is 1.02. The van der Waals surface area contributed by atoms with Crippen LogP contribution in [0.2, 0.25) is 0 Å². The van der Waals surface area contributed by atoms with Crippen molar-refractivity contribution in [3.63, 3.8) is 0 Å². The number of nitrogens with one attached hydrogen (secondary N) is 1. The second-order valence-electron chi connectivity index (χ2n) is 2.39. The number of Topliss-reactive ketones (excluding diaryl/α,β-unsaturated/α-hetero) is 1. The molecule has 4 heteroatoms. The molecule has 4 nitrogen and oxygen atoms in total. The third-order valence-corrected chi connectivity index (χ3v) is 1.57. The van der Waals surface area contributed by atoms with Gasteiger partial charge < -0.3 is 10.4 Å². The van der Waals surface area contributed by atoms with E-state index in [1.165, 1.54) is 0 Å². The van der Waals surface area contributed by atoms with Gasteiger partial charge in [0.1, 0.15) is 0 Å². The summed E-state index contributed by atoms with van der Waals surface area (Å²) >= 11 is 0. The predicted octanol–water partition coefficient (Wildman–Crippen LogP) is -0.750. The van der Waals surface area contributed by atoms with E-state index in [0.717, 1.165) is 0 Å². The van der Waals surface area contributed by atoms with Gasteiger partial charge in [0.15, 0.2) is 5.78 Å². The molecule has 0 spiro atoms. The number of aliphatic carboxylic acids is 1. The van der Waals surface area contributed by atoms with E-state index in [-0.39, 0.29) is 18.1 Å². The second-order valence-corrected chi connectivity index (χ2v) is 2.39. The highest BCUT2D eigenvalue weighted by molar-refractivity contribution is 5.88. The lowest BCUT2D eigenvalue weighted by molar-refractivity contribution is -0.139. The Hall–Kier alpha value is -0.900. The van der Waals surface area contributed by atoms with Crippen LogP contribution in [-0.4, -0.2) is 29.9 Å². The number of carbonyl (C=O) groups is 2. The average Bonchev–Trinajstić information content (AvgIpc) is 2.15. The molecule has 1 heterocycles. The largest absolute Gasteiger partial charge is 0.481 e. The van der Waals surface area contributed by atoms with Crippen molar-refractivity contribution >= 4 is 11.8 Å². The molecule has 0 aromatic heterocycles. The molecule has 0 aromatic carbocycles. The molecule has 1 rings (SSSR count). The molecular weight excluding hydrogens is 134 g/mol. The zero-order valence-electron chi connectivity index (χ0n) is 5.46. The van der Waals surface area contributed by atoms with E-state index in [4.69, 9.17) is 5.11 Å². The van der Waals surface area contributed by atoms with Crippen LogP contribution in [0, 0.1) is 5.92 Å². The molecule has 2 N–H and O–H groups in total. The van der Waals surface area contributed by atoms with Gasteiger partial charge in [0, 0.05) is 12.5 Å². The van der Waals surface area contributed by atoms with Gasteiger partial charge in [0.25, 0.3) is 0 Å². The van der Waals surface area contributed by atoms with Gasteiger partial charge >= 0.3 is 5.97 Å². The summed E-state index contributed by atoms with van der Waals surface area (Å²) in [5.41, 5.74) is 0. The van der Waals surface area contributed by atoms with E-state index in [1.807, 2.05) is 0 Å². The summed E-state index contributed by atoms with van der Waals surface area (Å²) in [5, 5.41) is 11.1. The highest BCUT2D eigenvalue weighted by Gasteiger charge is 2.25. The zero-order chi connectivity index (χ0) is 7.56. The van der Waals surface area contributed by atoms with E-state index in [0.29, 0.717) is 13.1 Å². The van der Waals surface area contributed by atoms with Crippen molar-refractivity contribution in [3.8, 4) is 0 Å². The zero-order valence-corrected chi connectivity index (χ0v) is 5.46. The van der Waals surface area contributed by atoms with Gasteiger partial charge in [0.05, 0.1) is 13.0 Å². The van der Waals surface area contributed by atoms with Gasteiger partial charge in [-0.2, -0.15) is 0 Å². The number of carboxylic acids is 1. The summed E-state index contributed by atoms with van der Waals surface area (Å²) < 4.78 is 0. The molecule has 1 aliphatic heterocycles. The number of rotatable bonds is 2. The van der Waals surface area contributed by atoms with E-state index in [1.54, 1.807) is 0 Å². The minimum absolute atomic E-state index is 0.0161. The lowest BCUT2D eigenvalue weighted by Crippen LogP contribution is -2.15. The van der Waals surface area contributed by atoms with Crippen molar-refractivity contribution in [2.45, 2.75) is 6.42 Å². The predicted molar refractivity (Wildman–Crippen MR) is 33.6 cm³/mol. The molecule has 1 fully saturated rings. The molecular formula is C6H9NO3. The molecule has 0 aromatic rings. The summed E-state index contributed by atoms with van der Waals surface area (Å²) in [7, 11) is 0. The molecule has 1 atom stereocenters. The lowest BCUT2D eigenvalue weighted by Gasteiger charge is -1.99. The maximum atomic E-state index is 10.8. The van der Waals surface area contributed by atoms with Crippen LogP contribution in [0.5, 0.6) is 0 Å². The number of ketones is 1. The standard InChI is InChI=1S/C6H9NO3/c8-5-3-7-2-4(5)1-6(9)10/h4,7H,1-3H2,(H,9,10). The fourth-order valence-electron chi connectivity index (χ4n) is 1.02. The van der Waals surface area contributed by atoms with Crippen LogP contribution in [0.4, 0.5) is 0 Å². The Kier molecular flexibility index (Phi) is 2.01. The first-order valence-corrected chi connectivity index (χ1v) is 3.15. The molecule has 56 valence electrons. The van der Waals surface area contributed by atoms with Crippen molar-refractivity contribution in [2.75, 3.05) is 13.1 Å². The number of carbonyl (C=O) groups excluding carboxylic acids is 1. The first kappa shape index (κ1) is 7.21. The highest BCUT2D eigenvalue weighted by atomic mass is 16.4. The van der Waals surface area contributed by atoms with Crippen molar-refractivity contribution in [3.05, 3.63) is 0 Å². The first-order valence-electron chi connectivity index (χ1n) is 3.15. The third kappa shape index (κ3) is 1.54. The topological polar surface area (TPSA) is 66.4 Å². The maximum absolute atomic E-state index is 10.8. The molecule has 0 aliphatic carbocycles. The molecule has 0 amide bonds. The van der Waals surface area contributed by atoms with E-state index >= 15 is 0 Å². The Morgan fingerprint density at radius 1 is 1.80 bits per heavy atom. The van der Waals surface area contributed by atoms with Gasteiger partial charge in [-0.05, 0) is 0 Å². The highest BCUT2D eigenvalue weighted by Crippen LogP contribution is 2.07. The molecule has 0 saturated carbocycles. The SMILES string of the molecule is O=C(O)CC1CNCC1=O. The Morgan fingerprint density at radius 2 is 2.50 bits per heavy atom. The Labute approximate surface area is 58.2 Å². The van der Waals surface area contributed by atoms with Crippen molar-refractivity contribution in [1.82, 2.24) is 5.32 Å². The van der Waals surface area contributed by atoms with Gasteiger partial charge in [-0.15, -0.1) is 0 Å². The minimum Gasteiger partial charge on any atom is -0.481 e. The summed E-state index contributed by atoms with van der Waals surface area (Å²) in [4.78, 5) is 20.9. The van der Waals surface area contributed by atoms with E-state index < -0.39 is 5.97 Å². The molecule has 0 bridgehead atoms. The van der Waals surface area contributed by atoms with Crippen LogP contribution in [0.1, 0.15) is 6.42 Å². The van der Waals surface area contributed by atoms with Crippen molar-refractivity contribution < 1.29 is 14.7 Å². The van der Waals surface area contributed by atoms with Gasteiger partial charge in [-0.1, -0.05) is 0 Å². The Morgan fingerprint density at radius 3 is 2.90 bits per heavy atom. The number of hydrogen-bond donors (Lipinski definition) is 2. The van der Waals surface area contributed by atoms with E-state index in [2.05, 4.69) is 5.32 Å². The number of carboxylic acid groups (broad SMARTS) is 1. The van der Waals surface area contributed by atoms with Crippen LogP contribution in [-0.2, 0) is 9.59 Å². The quantitative estimate of drug-likeness (QED) is 0.533. The van der Waals surface area contributed by atoms with Crippen molar-refractivity contribution in [1.29, 1.82) is 0 Å². The second kappa shape index (κ2) is 2.79. The lowest BCUT2D eigenvalue weighted by atomic mass is 10.0. The van der Waals surface area contributed by atoms with Gasteiger partial charge in [0.2, 0.25) is 0 Å². The molecule has 1 saturated heterocycles. The van der Waals surface area contributed by atoms with Crippen LogP contribution < -0.4 is 5.32 Å². The summed E-state index contributed by atoms with van der Waals surface area (Å²) in [6.45, 7) is 0.850. The van der Waals surface area contributed by atoms with Crippen LogP contribution in [0.15, 0.2) is 0 Å². The molecule has 1 unspecified atom stereocenters. The third-order valence-electron chi connectivity index (χ3n) is 1.57. The van der Waals surface area contributed by atoms with Crippen molar-refractivity contribution in [2.24, 2.45) is 5.92 Å². The molecule has 1 aliphatic rings. The van der Waals surface area contributed by atoms with E-state index in [9.17, 15) is 9.59 Å².